The predicted molar refractivity (Wildman–Crippen MR) is 118 cm³/mol. The third-order valence-corrected chi connectivity index (χ3v) is 5.93. The lowest BCUT2D eigenvalue weighted by atomic mass is 9.95. The Hall–Kier alpha value is -2.97. The number of carbonyl (C=O) groups excluding carboxylic acids is 2. The first kappa shape index (κ1) is 21.7. The van der Waals surface area contributed by atoms with Gasteiger partial charge >= 0.3 is 0 Å². The zero-order valence-corrected chi connectivity index (χ0v) is 18.2. The number of hydrogen-bond donors (Lipinski definition) is 0. The van der Waals surface area contributed by atoms with E-state index in [1.807, 2.05) is 45.9 Å². The summed E-state index contributed by atoms with van der Waals surface area (Å²) in [6, 6.07) is 14.9. The van der Waals surface area contributed by atoms with Gasteiger partial charge in [-0.1, -0.05) is 44.2 Å². The van der Waals surface area contributed by atoms with Gasteiger partial charge in [0.05, 0.1) is 11.6 Å². The van der Waals surface area contributed by atoms with E-state index >= 15 is 0 Å². The Morgan fingerprint density at radius 1 is 0.933 bits per heavy atom. The van der Waals surface area contributed by atoms with E-state index in [9.17, 15) is 14.9 Å². The summed E-state index contributed by atoms with van der Waals surface area (Å²) in [6.45, 7) is 10.5. The van der Waals surface area contributed by atoms with Gasteiger partial charge in [-0.2, -0.15) is 5.26 Å². The highest BCUT2D eigenvalue weighted by Gasteiger charge is 2.29. The first-order chi connectivity index (χ1) is 14.3. The minimum Gasteiger partial charge on any atom is -0.336 e. The SMILES string of the molecule is Cc1ccc(C(=O)c2ccccc2C(=O)N2CCN(C(C#N)C(C)C)CC2)cc1C. The molecule has 0 aromatic heterocycles. The summed E-state index contributed by atoms with van der Waals surface area (Å²) < 4.78 is 0. The van der Waals surface area contributed by atoms with E-state index in [1.165, 1.54) is 0 Å². The standard InChI is InChI=1S/C25H29N3O2/c1-17(2)23(16-26)27-11-13-28(14-12-27)25(30)22-8-6-5-7-21(22)24(29)20-10-9-18(3)19(4)15-20/h5-10,15,17,23H,11-14H2,1-4H3. The molecule has 0 aliphatic carbocycles. The maximum atomic E-state index is 13.2. The van der Waals surface area contributed by atoms with Crippen molar-refractivity contribution in [2.45, 2.75) is 33.7 Å². The van der Waals surface area contributed by atoms with Gasteiger partial charge in [-0.3, -0.25) is 14.5 Å². The molecule has 3 rings (SSSR count). The topological polar surface area (TPSA) is 64.4 Å². The second-order valence-electron chi connectivity index (χ2n) is 8.32. The molecule has 0 N–H and O–H groups in total. The Morgan fingerprint density at radius 3 is 2.13 bits per heavy atom. The molecule has 5 nitrogen and oxygen atoms in total. The van der Waals surface area contributed by atoms with E-state index in [2.05, 4.69) is 11.0 Å². The number of amides is 1. The number of carbonyl (C=O) groups is 2. The first-order valence-electron chi connectivity index (χ1n) is 10.5. The Balaban J connectivity index is 1.79. The molecule has 1 atom stereocenters. The highest BCUT2D eigenvalue weighted by atomic mass is 16.2. The van der Waals surface area contributed by atoms with Crippen LogP contribution >= 0.6 is 0 Å². The fraction of sp³-hybridized carbons (Fsp3) is 0.400. The molecule has 5 heteroatoms. The Labute approximate surface area is 178 Å². The molecule has 1 unspecified atom stereocenters. The molecule has 2 aromatic carbocycles. The number of ketones is 1. The number of aryl methyl sites for hydroxylation is 2. The normalized spacial score (nSPS) is 15.7. The molecule has 0 radical (unpaired) electrons. The molecule has 1 amide bonds. The van der Waals surface area contributed by atoms with Crippen molar-refractivity contribution in [2.24, 2.45) is 5.92 Å². The predicted octanol–water partition coefficient (Wildman–Crippen LogP) is 3.84. The van der Waals surface area contributed by atoms with Crippen molar-refractivity contribution in [3.63, 3.8) is 0 Å². The molecule has 1 fully saturated rings. The van der Waals surface area contributed by atoms with Crippen molar-refractivity contribution < 1.29 is 9.59 Å². The molecule has 1 saturated heterocycles. The lowest BCUT2D eigenvalue weighted by Gasteiger charge is -2.38. The molecule has 1 heterocycles. The molecule has 0 saturated carbocycles. The van der Waals surface area contributed by atoms with E-state index in [1.54, 1.807) is 29.2 Å². The van der Waals surface area contributed by atoms with Gasteiger partial charge in [0.1, 0.15) is 6.04 Å². The van der Waals surface area contributed by atoms with Gasteiger partial charge in [0.25, 0.3) is 5.91 Å². The Bertz CT molecular complexity index is 982. The van der Waals surface area contributed by atoms with Crippen LogP contribution < -0.4 is 0 Å². The lowest BCUT2D eigenvalue weighted by Crippen LogP contribution is -2.53. The van der Waals surface area contributed by atoms with Gasteiger partial charge in [-0.15, -0.1) is 0 Å². The monoisotopic (exact) mass is 403 g/mol. The summed E-state index contributed by atoms with van der Waals surface area (Å²) in [5.74, 6) is -0.0147. The summed E-state index contributed by atoms with van der Waals surface area (Å²) in [4.78, 5) is 30.3. The van der Waals surface area contributed by atoms with Crippen LogP contribution in [-0.4, -0.2) is 53.7 Å². The maximum Gasteiger partial charge on any atom is 0.254 e. The molecule has 30 heavy (non-hydrogen) atoms. The van der Waals surface area contributed by atoms with E-state index in [0.717, 1.165) is 11.1 Å². The van der Waals surface area contributed by atoms with E-state index in [0.29, 0.717) is 42.9 Å². The fourth-order valence-corrected chi connectivity index (χ4v) is 3.93. The fourth-order valence-electron chi connectivity index (χ4n) is 3.93. The number of piperazine rings is 1. The molecule has 0 spiro atoms. The minimum absolute atomic E-state index is 0.125. The molecule has 1 aliphatic heterocycles. The second-order valence-corrected chi connectivity index (χ2v) is 8.32. The van der Waals surface area contributed by atoms with Crippen LogP contribution in [0.15, 0.2) is 42.5 Å². The van der Waals surface area contributed by atoms with Crippen molar-refractivity contribution in [1.82, 2.24) is 9.80 Å². The molecule has 0 bridgehead atoms. The summed E-state index contributed by atoms with van der Waals surface area (Å²) in [6.07, 6.45) is 0. The minimum atomic E-state index is -0.138. The first-order valence-corrected chi connectivity index (χ1v) is 10.5. The van der Waals surface area contributed by atoms with Gasteiger partial charge in [0.15, 0.2) is 5.78 Å². The van der Waals surface area contributed by atoms with Crippen LogP contribution in [0.25, 0.3) is 0 Å². The van der Waals surface area contributed by atoms with Crippen LogP contribution in [0.5, 0.6) is 0 Å². The number of rotatable bonds is 5. The van der Waals surface area contributed by atoms with Crippen molar-refractivity contribution in [3.05, 3.63) is 70.3 Å². The van der Waals surface area contributed by atoms with E-state index in [4.69, 9.17) is 0 Å². The lowest BCUT2D eigenvalue weighted by molar-refractivity contribution is 0.0574. The van der Waals surface area contributed by atoms with Gasteiger partial charge < -0.3 is 4.90 Å². The average molecular weight is 404 g/mol. The van der Waals surface area contributed by atoms with Crippen molar-refractivity contribution in [3.8, 4) is 6.07 Å². The highest BCUT2D eigenvalue weighted by molar-refractivity contribution is 6.15. The quantitative estimate of drug-likeness (QED) is 0.712. The van der Waals surface area contributed by atoms with Crippen LogP contribution in [0.4, 0.5) is 0 Å². The molecular weight excluding hydrogens is 374 g/mol. The van der Waals surface area contributed by atoms with Gasteiger partial charge in [0.2, 0.25) is 0 Å². The van der Waals surface area contributed by atoms with Crippen LogP contribution in [-0.2, 0) is 0 Å². The average Bonchev–Trinajstić information content (AvgIpc) is 2.75. The zero-order chi connectivity index (χ0) is 21.8. The van der Waals surface area contributed by atoms with Crippen molar-refractivity contribution >= 4 is 11.7 Å². The molecule has 2 aromatic rings. The Morgan fingerprint density at radius 2 is 1.57 bits per heavy atom. The van der Waals surface area contributed by atoms with Crippen LogP contribution in [0.1, 0.15) is 51.3 Å². The maximum absolute atomic E-state index is 13.2. The summed E-state index contributed by atoms with van der Waals surface area (Å²) in [5.41, 5.74) is 3.65. The van der Waals surface area contributed by atoms with Crippen LogP contribution in [0.3, 0.4) is 0 Å². The smallest absolute Gasteiger partial charge is 0.254 e. The summed E-state index contributed by atoms with van der Waals surface area (Å²) in [7, 11) is 0. The van der Waals surface area contributed by atoms with Crippen LogP contribution in [0.2, 0.25) is 0 Å². The molecule has 156 valence electrons. The number of hydrogen-bond acceptors (Lipinski definition) is 4. The number of nitrogens with zero attached hydrogens (tertiary/aromatic N) is 3. The third-order valence-electron chi connectivity index (χ3n) is 5.93. The molecule has 1 aliphatic rings. The highest BCUT2D eigenvalue weighted by Crippen LogP contribution is 2.20. The van der Waals surface area contributed by atoms with Gasteiger partial charge in [0, 0.05) is 37.3 Å². The summed E-state index contributed by atoms with van der Waals surface area (Å²) in [5, 5.41) is 9.43. The number of benzene rings is 2. The van der Waals surface area contributed by atoms with Crippen molar-refractivity contribution in [1.29, 1.82) is 5.26 Å². The van der Waals surface area contributed by atoms with Gasteiger partial charge in [-0.05, 0) is 43.0 Å². The van der Waals surface area contributed by atoms with E-state index in [-0.39, 0.29) is 23.7 Å². The van der Waals surface area contributed by atoms with Crippen LogP contribution in [0, 0.1) is 31.1 Å². The zero-order valence-electron chi connectivity index (χ0n) is 18.2. The largest absolute Gasteiger partial charge is 0.336 e. The summed E-state index contributed by atoms with van der Waals surface area (Å²) >= 11 is 0. The van der Waals surface area contributed by atoms with Crippen molar-refractivity contribution in [2.75, 3.05) is 26.2 Å². The van der Waals surface area contributed by atoms with Gasteiger partial charge in [-0.25, -0.2) is 0 Å². The van der Waals surface area contributed by atoms with E-state index < -0.39 is 0 Å². The Kier molecular flexibility index (Phi) is 6.69. The second kappa shape index (κ2) is 9.23. The number of nitriles is 1. The molecular formula is C25H29N3O2. The third kappa shape index (κ3) is 4.44.